The molecule has 0 aromatic heterocycles. The lowest BCUT2D eigenvalue weighted by atomic mass is 10.1. The second kappa shape index (κ2) is 7.45. The maximum absolute atomic E-state index is 11.0. The van der Waals surface area contributed by atoms with Crippen LogP contribution in [0.4, 0.5) is 0 Å². The van der Waals surface area contributed by atoms with E-state index in [0.29, 0.717) is 13.0 Å². The molecule has 0 bridgehead atoms. The lowest BCUT2D eigenvalue weighted by Gasteiger charge is -2.13. The zero-order valence-electron chi connectivity index (χ0n) is 9.86. The topological polar surface area (TPSA) is 46.5 Å². The van der Waals surface area contributed by atoms with Crippen LogP contribution >= 0.6 is 15.9 Å². The molecule has 1 rings (SSSR count). The Balaban J connectivity index is 2.54. The molecule has 0 radical (unpaired) electrons. The number of carboxylic acid groups (broad SMARTS) is 1. The van der Waals surface area contributed by atoms with E-state index in [-0.39, 0.29) is 0 Å². The van der Waals surface area contributed by atoms with Crippen molar-refractivity contribution < 1.29 is 14.6 Å². The number of ether oxygens (including phenoxy) is 1. The van der Waals surface area contributed by atoms with Gasteiger partial charge in [0, 0.05) is 17.5 Å². The molecule has 0 saturated heterocycles. The Morgan fingerprint density at radius 1 is 1.41 bits per heavy atom. The van der Waals surface area contributed by atoms with Crippen LogP contribution in [0.25, 0.3) is 0 Å². The molecule has 0 amide bonds. The summed E-state index contributed by atoms with van der Waals surface area (Å²) in [5.74, 6) is -0.899. The fourth-order valence-corrected chi connectivity index (χ4v) is 1.69. The van der Waals surface area contributed by atoms with E-state index in [0.717, 1.165) is 22.9 Å². The van der Waals surface area contributed by atoms with Crippen LogP contribution < -0.4 is 0 Å². The summed E-state index contributed by atoms with van der Waals surface area (Å²) in [6, 6.07) is 7.62. The first-order valence-electron chi connectivity index (χ1n) is 5.72. The third kappa shape index (κ3) is 5.33. The predicted molar refractivity (Wildman–Crippen MR) is 70.1 cm³/mol. The Bertz CT molecular complexity index is 348. The molecule has 1 aromatic carbocycles. The summed E-state index contributed by atoms with van der Waals surface area (Å²) < 4.78 is 6.35. The Morgan fingerprint density at radius 3 is 2.59 bits per heavy atom. The van der Waals surface area contributed by atoms with Crippen molar-refractivity contribution in [3.8, 4) is 0 Å². The Hall–Kier alpha value is -0.870. The summed E-state index contributed by atoms with van der Waals surface area (Å²) in [6.45, 7) is 2.55. The van der Waals surface area contributed by atoms with Crippen molar-refractivity contribution in [3.05, 3.63) is 34.3 Å². The lowest BCUT2D eigenvalue weighted by Crippen LogP contribution is -2.26. The monoisotopic (exact) mass is 300 g/mol. The number of benzene rings is 1. The second-order valence-electron chi connectivity index (χ2n) is 3.88. The van der Waals surface area contributed by atoms with Gasteiger partial charge in [0.15, 0.2) is 6.10 Å². The highest BCUT2D eigenvalue weighted by Gasteiger charge is 2.18. The van der Waals surface area contributed by atoms with E-state index in [4.69, 9.17) is 9.84 Å². The van der Waals surface area contributed by atoms with E-state index < -0.39 is 12.1 Å². The smallest absolute Gasteiger partial charge is 0.333 e. The number of aliphatic carboxylic acids is 1. The summed E-state index contributed by atoms with van der Waals surface area (Å²) >= 11 is 3.34. The predicted octanol–water partition coefficient (Wildman–Crippen LogP) is 3.26. The molecule has 1 N–H and O–H groups in total. The fraction of sp³-hybridized carbons (Fsp3) is 0.462. The van der Waals surface area contributed by atoms with E-state index in [1.54, 1.807) is 0 Å². The number of halogens is 1. The molecule has 0 aliphatic carbocycles. The van der Waals surface area contributed by atoms with Gasteiger partial charge in [0.2, 0.25) is 0 Å². The van der Waals surface area contributed by atoms with E-state index in [2.05, 4.69) is 15.9 Å². The summed E-state index contributed by atoms with van der Waals surface area (Å²) in [5.41, 5.74) is 0.970. The normalized spacial score (nSPS) is 12.4. The minimum Gasteiger partial charge on any atom is -0.479 e. The third-order valence-electron chi connectivity index (χ3n) is 2.43. The quantitative estimate of drug-likeness (QED) is 0.786. The molecule has 0 heterocycles. The zero-order valence-corrected chi connectivity index (χ0v) is 11.4. The van der Waals surface area contributed by atoms with E-state index in [1.807, 2.05) is 31.2 Å². The van der Waals surface area contributed by atoms with Crippen LogP contribution in [-0.2, 0) is 16.0 Å². The zero-order chi connectivity index (χ0) is 12.7. The largest absolute Gasteiger partial charge is 0.479 e. The Labute approximate surface area is 110 Å². The standard InChI is InChI=1S/C13H17BrO3/c1-2-3-8-17-12(13(15)16)9-10-4-6-11(14)7-5-10/h4-7,12H,2-3,8-9H2,1H3,(H,15,16)/t12-/m0/s1. The second-order valence-corrected chi connectivity index (χ2v) is 4.80. The summed E-state index contributed by atoms with van der Waals surface area (Å²) in [4.78, 5) is 11.0. The lowest BCUT2D eigenvalue weighted by molar-refractivity contribution is -0.150. The van der Waals surface area contributed by atoms with Crippen LogP contribution in [0.1, 0.15) is 25.3 Å². The summed E-state index contributed by atoms with van der Waals surface area (Å²) in [7, 11) is 0. The van der Waals surface area contributed by atoms with Gasteiger partial charge in [-0.25, -0.2) is 4.79 Å². The van der Waals surface area contributed by atoms with Crippen molar-refractivity contribution in [2.24, 2.45) is 0 Å². The van der Waals surface area contributed by atoms with Crippen LogP contribution in [0.2, 0.25) is 0 Å². The highest BCUT2D eigenvalue weighted by atomic mass is 79.9. The highest BCUT2D eigenvalue weighted by molar-refractivity contribution is 9.10. The number of unbranched alkanes of at least 4 members (excludes halogenated alkanes) is 1. The van der Waals surface area contributed by atoms with Gasteiger partial charge in [-0.05, 0) is 24.1 Å². The van der Waals surface area contributed by atoms with Gasteiger partial charge in [0.05, 0.1) is 0 Å². The molecule has 1 atom stereocenters. The minimum atomic E-state index is -0.899. The van der Waals surface area contributed by atoms with Gasteiger partial charge < -0.3 is 9.84 Å². The summed E-state index contributed by atoms with van der Waals surface area (Å²) in [5, 5.41) is 9.05. The Morgan fingerprint density at radius 2 is 2.06 bits per heavy atom. The van der Waals surface area contributed by atoms with E-state index >= 15 is 0 Å². The first kappa shape index (κ1) is 14.2. The molecule has 0 fully saturated rings. The molecule has 4 heteroatoms. The van der Waals surface area contributed by atoms with E-state index in [9.17, 15) is 4.79 Å². The number of hydrogen-bond acceptors (Lipinski definition) is 2. The minimum absolute atomic E-state index is 0.409. The van der Waals surface area contributed by atoms with Crippen molar-refractivity contribution in [1.82, 2.24) is 0 Å². The maximum atomic E-state index is 11.0. The van der Waals surface area contributed by atoms with Crippen molar-refractivity contribution in [1.29, 1.82) is 0 Å². The van der Waals surface area contributed by atoms with Crippen LogP contribution in [-0.4, -0.2) is 23.8 Å². The van der Waals surface area contributed by atoms with Gasteiger partial charge in [0.25, 0.3) is 0 Å². The highest BCUT2D eigenvalue weighted by Crippen LogP contribution is 2.13. The SMILES string of the molecule is CCCCO[C@@H](Cc1ccc(Br)cc1)C(=O)O. The van der Waals surface area contributed by atoms with Gasteiger partial charge in [-0.1, -0.05) is 41.4 Å². The molecule has 0 unspecified atom stereocenters. The maximum Gasteiger partial charge on any atom is 0.333 e. The first-order chi connectivity index (χ1) is 8.13. The molecule has 17 heavy (non-hydrogen) atoms. The van der Waals surface area contributed by atoms with Gasteiger partial charge in [-0.15, -0.1) is 0 Å². The van der Waals surface area contributed by atoms with Crippen molar-refractivity contribution >= 4 is 21.9 Å². The van der Waals surface area contributed by atoms with Crippen LogP contribution in [0.15, 0.2) is 28.7 Å². The third-order valence-corrected chi connectivity index (χ3v) is 2.96. The van der Waals surface area contributed by atoms with Crippen molar-refractivity contribution in [3.63, 3.8) is 0 Å². The molecular weight excluding hydrogens is 284 g/mol. The number of carboxylic acids is 1. The Kier molecular flexibility index (Phi) is 6.22. The average Bonchev–Trinajstić information content (AvgIpc) is 2.30. The van der Waals surface area contributed by atoms with Crippen LogP contribution in [0.3, 0.4) is 0 Å². The van der Waals surface area contributed by atoms with Crippen LogP contribution in [0.5, 0.6) is 0 Å². The number of carbonyl (C=O) groups is 1. The van der Waals surface area contributed by atoms with Gasteiger partial charge >= 0.3 is 5.97 Å². The molecule has 1 aromatic rings. The molecule has 0 aliphatic rings. The fourth-order valence-electron chi connectivity index (χ4n) is 1.42. The van der Waals surface area contributed by atoms with Crippen molar-refractivity contribution in [2.45, 2.75) is 32.3 Å². The number of rotatable bonds is 7. The molecular formula is C13H17BrO3. The molecule has 0 spiro atoms. The molecule has 3 nitrogen and oxygen atoms in total. The van der Waals surface area contributed by atoms with Gasteiger partial charge in [-0.3, -0.25) is 0 Å². The summed E-state index contributed by atoms with van der Waals surface area (Å²) in [6.07, 6.45) is 1.56. The van der Waals surface area contributed by atoms with Crippen molar-refractivity contribution in [2.75, 3.05) is 6.61 Å². The first-order valence-corrected chi connectivity index (χ1v) is 6.51. The van der Waals surface area contributed by atoms with Gasteiger partial charge in [0.1, 0.15) is 0 Å². The van der Waals surface area contributed by atoms with Gasteiger partial charge in [-0.2, -0.15) is 0 Å². The number of hydrogen-bond donors (Lipinski definition) is 1. The average molecular weight is 301 g/mol. The molecule has 94 valence electrons. The molecule has 0 saturated carbocycles. The van der Waals surface area contributed by atoms with E-state index in [1.165, 1.54) is 0 Å². The van der Waals surface area contributed by atoms with Crippen LogP contribution in [0, 0.1) is 0 Å². The molecule has 0 aliphatic heterocycles.